The molecule has 0 saturated heterocycles. The maximum absolute atomic E-state index is 14.2. The molecule has 0 fully saturated rings. The minimum Gasteiger partial charge on any atom is -0.315 e. The van der Waals surface area contributed by atoms with Crippen molar-refractivity contribution in [2.24, 2.45) is 0 Å². The van der Waals surface area contributed by atoms with Crippen molar-refractivity contribution in [3.8, 4) is 0 Å². The molecule has 0 aliphatic heterocycles. The van der Waals surface area contributed by atoms with Crippen molar-refractivity contribution in [2.45, 2.75) is 53.5 Å². The number of ether oxygens (including phenoxy) is 2. The summed E-state index contributed by atoms with van der Waals surface area (Å²) in [6.07, 6.45) is -38.0. The van der Waals surface area contributed by atoms with Gasteiger partial charge >= 0.3 is 48.4 Å². The van der Waals surface area contributed by atoms with E-state index in [-0.39, 0.29) is 0 Å². The Labute approximate surface area is 172 Å². The van der Waals surface area contributed by atoms with Crippen LogP contribution in [0.4, 0.5) is 74.6 Å². The van der Waals surface area contributed by atoms with E-state index in [9.17, 15) is 74.6 Å². The molecule has 1 heterocycles. The van der Waals surface area contributed by atoms with Gasteiger partial charge in [-0.3, -0.25) is 9.47 Å². The Morgan fingerprint density at radius 1 is 0.576 bits per heavy atom. The van der Waals surface area contributed by atoms with Gasteiger partial charge in [-0.1, -0.05) is 0 Å². The van der Waals surface area contributed by atoms with E-state index in [1.54, 1.807) is 0 Å². The van der Waals surface area contributed by atoms with Gasteiger partial charge in [0.15, 0.2) is 5.16 Å². The molecule has 0 amide bonds. The number of hydrogen-bond acceptors (Lipinski definition) is 5. The van der Waals surface area contributed by atoms with Crippen molar-refractivity contribution in [3.63, 3.8) is 0 Å². The predicted molar refractivity (Wildman–Crippen MR) is 65.4 cm³/mol. The Balaban J connectivity index is 3.67. The fourth-order valence-corrected chi connectivity index (χ4v) is 1.72. The molecule has 1 aromatic rings. The number of nitrogens with zero attached hydrogens (tertiary/aromatic N) is 2. The fourth-order valence-electron chi connectivity index (χ4n) is 1.57. The van der Waals surface area contributed by atoms with Crippen LogP contribution in [0.2, 0.25) is 0 Å². The van der Waals surface area contributed by atoms with Crippen molar-refractivity contribution >= 4 is 12.6 Å². The second kappa shape index (κ2) is 7.88. The van der Waals surface area contributed by atoms with Crippen LogP contribution in [0.1, 0.15) is 5.82 Å². The summed E-state index contributed by atoms with van der Waals surface area (Å²) < 4.78 is 223. The Morgan fingerprint density at radius 3 is 1.33 bits per heavy atom. The van der Waals surface area contributed by atoms with E-state index in [4.69, 9.17) is 0 Å². The lowest BCUT2D eigenvalue weighted by Gasteiger charge is -2.40. The van der Waals surface area contributed by atoms with Gasteiger partial charge in [-0.15, -0.1) is 22.8 Å². The number of alkyl halides is 17. The maximum atomic E-state index is 14.2. The number of thiol groups is 1. The highest BCUT2D eigenvalue weighted by Gasteiger charge is 2.85. The highest BCUT2D eigenvalue weighted by atomic mass is 32.1. The number of aromatic amines is 1. The highest BCUT2D eigenvalue weighted by Crippen LogP contribution is 2.57. The molecule has 23 heteroatoms. The van der Waals surface area contributed by atoms with Gasteiger partial charge in [-0.05, 0) is 0 Å². The van der Waals surface area contributed by atoms with Crippen LogP contribution in [-0.4, -0.2) is 57.7 Å². The first-order chi connectivity index (χ1) is 14.2. The summed E-state index contributed by atoms with van der Waals surface area (Å²) in [6.45, 7) is 0. The predicted octanol–water partition coefficient (Wildman–Crippen LogP) is 5.42. The topological polar surface area (TPSA) is 60.0 Å². The molecule has 0 saturated carbocycles. The Hall–Kier alpha value is -1.78. The van der Waals surface area contributed by atoms with E-state index >= 15 is 0 Å². The summed E-state index contributed by atoms with van der Waals surface area (Å²) in [4.78, 5) is 0.956. The summed E-state index contributed by atoms with van der Waals surface area (Å²) in [5.41, 5.74) is 0. The lowest BCUT2D eigenvalue weighted by atomic mass is 10.2. The normalized spacial score (nSPS) is 18.7. The first-order valence-corrected chi connectivity index (χ1v) is 7.35. The second-order valence-electron chi connectivity index (χ2n) is 5.49. The molecule has 0 aliphatic carbocycles. The van der Waals surface area contributed by atoms with Crippen LogP contribution in [-0.2, 0) is 15.3 Å². The third-order valence-corrected chi connectivity index (χ3v) is 3.34. The maximum Gasteiger partial charge on any atom is 0.462 e. The summed E-state index contributed by atoms with van der Waals surface area (Å²) in [5, 5.41) is 3.42. The van der Waals surface area contributed by atoms with E-state index in [0.29, 0.717) is 0 Å². The number of halogens is 17. The number of rotatable bonds is 7. The molecule has 2 unspecified atom stereocenters. The first kappa shape index (κ1) is 29.3. The fraction of sp³-hybridized carbons (Fsp3) is 0.800. The zero-order valence-electron chi connectivity index (χ0n) is 14.1. The van der Waals surface area contributed by atoms with Crippen molar-refractivity contribution < 1.29 is 84.1 Å². The van der Waals surface area contributed by atoms with Crippen LogP contribution in [0.5, 0.6) is 0 Å². The number of H-pyrrole nitrogens is 1. The summed E-state index contributed by atoms with van der Waals surface area (Å²) in [7, 11) is 0. The number of nitrogens with one attached hydrogen (secondary N) is 1. The van der Waals surface area contributed by atoms with Gasteiger partial charge in [0.1, 0.15) is 0 Å². The summed E-state index contributed by atoms with van der Waals surface area (Å²) >= 11 is 3.09. The monoisotopic (exact) mass is 551 g/mol. The smallest absolute Gasteiger partial charge is 0.315 e. The lowest BCUT2D eigenvalue weighted by Crippen LogP contribution is -2.67. The van der Waals surface area contributed by atoms with Crippen molar-refractivity contribution in [1.29, 1.82) is 0 Å². The summed E-state index contributed by atoms with van der Waals surface area (Å²) in [6, 6.07) is 0. The van der Waals surface area contributed by atoms with Gasteiger partial charge in [0, 0.05) is 0 Å². The molecular weight excluding hydrogens is 549 g/mol. The van der Waals surface area contributed by atoms with Crippen molar-refractivity contribution in [1.82, 2.24) is 15.2 Å². The molecule has 0 spiro atoms. The standard InChI is InChI=1S/C10H2F17N3O2S/c11-3(6(15,16)17,1-28-2(33)30-29-1)31-10(26,27)5(14,8(21,22)23)32-9(24,25)4(12,13)7(18,19)20/h(H2,28,29,30,33). The van der Waals surface area contributed by atoms with Crippen LogP contribution in [0.15, 0.2) is 5.16 Å². The average Bonchev–Trinajstić information content (AvgIpc) is 2.97. The van der Waals surface area contributed by atoms with Gasteiger partial charge in [-0.2, -0.15) is 74.6 Å². The number of hydrogen-bond donors (Lipinski definition) is 2. The minimum atomic E-state index is -7.95. The molecule has 5 nitrogen and oxygen atoms in total. The Morgan fingerprint density at radius 2 is 1.03 bits per heavy atom. The Kier molecular flexibility index (Phi) is 6.99. The molecular formula is C10H2F17N3O2S. The molecule has 194 valence electrons. The van der Waals surface area contributed by atoms with Crippen LogP contribution < -0.4 is 0 Å². The lowest BCUT2D eigenvalue weighted by molar-refractivity contribution is -0.554. The molecule has 33 heavy (non-hydrogen) atoms. The largest absolute Gasteiger partial charge is 0.462 e. The minimum absolute atomic E-state index is 0.956. The average molecular weight is 551 g/mol. The zero-order valence-corrected chi connectivity index (χ0v) is 15.0. The number of aromatic nitrogens is 3. The van der Waals surface area contributed by atoms with E-state index < -0.39 is 59.4 Å². The zero-order chi connectivity index (χ0) is 26.7. The molecule has 1 aromatic heterocycles. The van der Waals surface area contributed by atoms with Gasteiger partial charge in [0.2, 0.25) is 5.82 Å². The van der Waals surface area contributed by atoms with E-state index in [0.717, 1.165) is 4.98 Å². The van der Waals surface area contributed by atoms with Gasteiger partial charge in [0.25, 0.3) is 0 Å². The highest BCUT2D eigenvalue weighted by molar-refractivity contribution is 7.80. The molecule has 0 bridgehead atoms. The van der Waals surface area contributed by atoms with Crippen LogP contribution >= 0.6 is 12.6 Å². The molecule has 1 rings (SSSR count). The van der Waals surface area contributed by atoms with E-state index in [2.05, 4.69) is 27.6 Å². The third-order valence-electron chi connectivity index (χ3n) is 3.14. The van der Waals surface area contributed by atoms with Crippen LogP contribution in [0, 0.1) is 0 Å². The van der Waals surface area contributed by atoms with Gasteiger partial charge in [0.05, 0.1) is 0 Å². The molecule has 0 radical (unpaired) electrons. The Bertz CT molecular complexity index is 847. The second-order valence-corrected chi connectivity index (χ2v) is 5.92. The molecule has 1 N–H and O–H groups in total. The summed E-state index contributed by atoms with van der Waals surface area (Å²) in [5.74, 6) is -24.8. The van der Waals surface area contributed by atoms with Crippen molar-refractivity contribution in [3.05, 3.63) is 5.82 Å². The van der Waals surface area contributed by atoms with Gasteiger partial charge < -0.3 is 4.98 Å². The molecule has 0 aromatic carbocycles. The van der Waals surface area contributed by atoms with E-state index in [1.807, 2.05) is 0 Å². The van der Waals surface area contributed by atoms with Crippen LogP contribution in [0.3, 0.4) is 0 Å². The van der Waals surface area contributed by atoms with Gasteiger partial charge in [-0.25, -0.2) is 0 Å². The third kappa shape index (κ3) is 4.88. The molecule has 2 atom stereocenters. The van der Waals surface area contributed by atoms with Crippen LogP contribution in [0.25, 0.3) is 0 Å². The first-order valence-electron chi connectivity index (χ1n) is 6.90. The van der Waals surface area contributed by atoms with Crippen molar-refractivity contribution in [2.75, 3.05) is 0 Å². The molecule has 0 aliphatic rings. The van der Waals surface area contributed by atoms with E-state index in [1.165, 1.54) is 4.74 Å². The SMILES string of the molecule is FC(F)(F)C(F)(OC(F)(F)C(F)(OC(F)(F)C(F)(F)C(F)(F)F)C(F)(F)F)c1nnc(S)[nH]1. The quantitative estimate of drug-likeness (QED) is 0.351.